The first-order valence-electron chi connectivity index (χ1n) is 18.2. The second-order valence-electron chi connectivity index (χ2n) is 13.0. The molecule has 2 aromatic carbocycles. The van der Waals surface area contributed by atoms with Crippen LogP contribution in [0.2, 0.25) is 0 Å². The van der Waals surface area contributed by atoms with Gasteiger partial charge in [0.15, 0.2) is 23.3 Å². The Morgan fingerprint density at radius 2 is 1.58 bits per heavy atom. The third kappa shape index (κ3) is 10.7. The van der Waals surface area contributed by atoms with Crippen LogP contribution in [0.15, 0.2) is 41.8 Å². The molecule has 3 saturated heterocycles. The van der Waals surface area contributed by atoms with Gasteiger partial charge in [-0.05, 0) is 55.7 Å². The Hall–Kier alpha value is -4.75. The lowest BCUT2D eigenvalue weighted by Crippen LogP contribution is -2.55. The van der Waals surface area contributed by atoms with Crippen molar-refractivity contribution in [3.05, 3.63) is 59.0 Å². The molecule has 0 radical (unpaired) electrons. The van der Waals surface area contributed by atoms with Crippen LogP contribution in [0.1, 0.15) is 36.0 Å². The topological polar surface area (TPSA) is 170 Å². The summed E-state index contributed by atoms with van der Waals surface area (Å²) in [5, 5.41) is 10.2. The van der Waals surface area contributed by atoms with Crippen LogP contribution >= 0.6 is 11.3 Å². The SMILES string of the molecule is O=C(COc1c(-c2csc(N3C4CCCC3COC4)n2)ccc(F)c1F)NCCOCCOCCOCCNC(=O)c1ccc(N2CCC(=O)NC2=O)cc1. The fraction of sp³-hybridized carbons (Fsp3) is 0.486. The zero-order chi connectivity index (χ0) is 38.6. The molecule has 2 bridgehead atoms. The fourth-order valence-electron chi connectivity index (χ4n) is 6.46. The number of anilines is 2. The molecule has 0 saturated carbocycles. The fourth-order valence-corrected chi connectivity index (χ4v) is 7.43. The Balaban J connectivity index is 0.800. The predicted octanol–water partition coefficient (Wildman–Crippen LogP) is 3.27. The summed E-state index contributed by atoms with van der Waals surface area (Å²) in [6.07, 6.45) is 3.37. The number of carbonyl (C=O) groups is 4. The van der Waals surface area contributed by atoms with E-state index in [1.165, 1.54) is 22.3 Å². The van der Waals surface area contributed by atoms with Crippen LogP contribution in [0.4, 0.5) is 24.4 Å². The van der Waals surface area contributed by atoms with Gasteiger partial charge in [-0.25, -0.2) is 14.2 Å². The number of aromatic nitrogens is 1. The Labute approximate surface area is 320 Å². The van der Waals surface area contributed by atoms with Crippen molar-refractivity contribution in [2.24, 2.45) is 0 Å². The molecule has 3 N–H and O–H groups in total. The molecule has 4 heterocycles. The molecule has 2 unspecified atom stereocenters. The van der Waals surface area contributed by atoms with Crippen LogP contribution in [0.5, 0.6) is 5.75 Å². The van der Waals surface area contributed by atoms with Crippen molar-refractivity contribution in [2.75, 3.05) is 88.9 Å². The first-order chi connectivity index (χ1) is 26.8. The van der Waals surface area contributed by atoms with E-state index in [1.807, 2.05) is 0 Å². The molecular formula is C37H44F2N6O9S. The molecule has 18 heteroatoms. The van der Waals surface area contributed by atoms with Gasteiger partial charge in [0.05, 0.1) is 70.6 Å². The van der Waals surface area contributed by atoms with Crippen LogP contribution in [-0.4, -0.2) is 120 Å². The molecule has 55 heavy (non-hydrogen) atoms. The lowest BCUT2D eigenvalue weighted by Gasteiger charge is -2.45. The average Bonchev–Trinajstić information content (AvgIpc) is 3.67. The Morgan fingerprint density at radius 3 is 2.27 bits per heavy atom. The molecule has 3 aliphatic heterocycles. The number of urea groups is 1. The highest BCUT2D eigenvalue weighted by molar-refractivity contribution is 7.14. The summed E-state index contributed by atoms with van der Waals surface area (Å²) in [7, 11) is 0. The van der Waals surface area contributed by atoms with Crippen LogP contribution in [0, 0.1) is 11.6 Å². The zero-order valence-corrected chi connectivity index (χ0v) is 31.0. The maximum atomic E-state index is 14.9. The van der Waals surface area contributed by atoms with Gasteiger partial charge < -0.3 is 39.2 Å². The van der Waals surface area contributed by atoms with Crippen molar-refractivity contribution in [3.63, 3.8) is 0 Å². The summed E-state index contributed by atoms with van der Waals surface area (Å²) < 4.78 is 56.8. The number of hydrogen-bond donors (Lipinski definition) is 3. The van der Waals surface area contributed by atoms with Crippen molar-refractivity contribution in [1.82, 2.24) is 20.9 Å². The molecule has 296 valence electrons. The van der Waals surface area contributed by atoms with E-state index in [0.717, 1.165) is 30.5 Å². The molecule has 2 atom stereocenters. The normalized spacial score (nSPS) is 18.2. The predicted molar refractivity (Wildman–Crippen MR) is 197 cm³/mol. The first kappa shape index (κ1) is 39.9. The highest BCUT2D eigenvalue weighted by Crippen LogP contribution is 2.39. The number of imide groups is 1. The second kappa shape index (κ2) is 19.7. The number of piperidine rings is 1. The largest absolute Gasteiger partial charge is 0.480 e. The number of fused-ring (bicyclic) bond motifs is 2. The highest BCUT2D eigenvalue weighted by atomic mass is 32.1. The first-order valence-corrected chi connectivity index (χ1v) is 19.1. The summed E-state index contributed by atoms with van der Waals surface area (Å²) in [6.45, 7) is 3.18. The van der Waals surface area contributed by atoms with Gasteiger partial charge >= 0.3 is 6.03 Å². The molecular weight excluding hydrogens is 743 g/mol. The van der Waals surface area contributed by atoms with Gasteiger partial charge in [0.2, 0.25) is 11.7 Å². The molecule has 6 rings (SSSR count). The number of benzene rings is 2. The van der Waals surface area contributed by atoms with E-state index in [0.29, 0.717) is 50.0 Å². The van der Waals surface area contributed by atoms with Gasteiger partial charge in [-0.1, -0.05) is 0 Å². The Bertz CT molecular complexity index is 1780. The van der Waals surface area contributed by atoms with Crippen LogP contribution in [-0.2, 0) is 28.5 Å². The van der Waals surface area contributed by atoms with Gasteiger partial charge in [-0.3, -0.25) is 24.6 Å². The minimum Gasteiger partial charge on any atom is -0.480 e. The zero-order valence-electron chi connectivity index (χ0n) is 30.2. The smallest absolute Gasteiger partial charge is 0.328 e. The molecule has 5 amide bonds. The Morgan fingerprint density at radius 1 is 0.909 bits per heavy atom. The van der Waals surface area contributed by atoms with Gasteiger partial charge in [-0.2, -0.15) is 4.39 Å². The molecule has 0 aliphatic carbocycles. The summed E-state index contributed by atoms with van der Waals surface area (Å²) in [4.78, 5) is 56.6. The quantitative estimate of drug-likeness (QED) is 0.153. The highest BCUT2D eigenvalue weighted by Gasteiger charge is 2.36. The second-order valence-corrected chi connectivity index (χ2v) is 13.8. The molecule has 1 aromatic heterocycles. The molecule has 3 aromatic rings. The summed E-state index contributed by atoms with van der Waals surface area (Å²) in [6, 6.07) is 8.92. The van der Waals surface area contributed by atoms with Gasteiger partial charge in [0.1, 0.15) is 0 Å². The van der Waals surface area contributed by atoms with E-state index in [-0.39, 0.29) is 81.1 Å². The van der Waals surface area contributed by atoms with E-state index in [2.05, 4.69) is 20.9 Å². The maximum absolute atomic E-state index is 14.9. The number of hydrogen-bond acceptors (Lipinski definition) is 12. The summed E-state index contributed by atoms with van der Waals surface area (Å²) in [5.41, 5.74) is 1.72. The maximum Gasteiger partial charge on any atom is 0.328 e. The number of rotatable bonds is 19. The van der Waals surface area contributed by atoms with Crippen LogP contribution < -0.4 is 30.5 Å². The van der Waals surface area contributed by atoms with Gasteiger partial charge in [0, 0.05) is 48.2 Å². The molecule has 3 aliphatic rings. The number of thiazole rings is 1. The third-order valence-electron chi connectivity index (χ3n) is 9.21. The number of nitrogens with zero attached hydrogens (tertiary/aromatic N) is 3. The van der Waals surface area contributed by atoms with E-state index in [9.17, 15) is 28.0 Å². The summed E-state index contributed by atoms with van der Waals surface area (Å²) >= 11 is 1.43. The van der Waals surface area contributed by atoms with Gasteiger partial charge in [-0.15, -0.1) is 11.3 Å². The van der Waals surface area contributed by atoms with E-state index >= 15 is 0 Å². The van der Waals surface area contributed by atoms with Crippen molar-refractivity contribution < 1.29 is 51.6 Å². The molecule has 0 spiro atoms. The minimum atomic E-state index is -1.19. The number of carbonyl (C=O) groups excluding carboxylic acids is 4. The van der Waals surface area contributed by atoms with Crippen molar-refractivity contribution in [1.29, 1.82) is 0 Å². The third-order valence-corrected chi connectivity index (χ3v) is 10.1. The summed E-state index contributed by atoms with van der Waals surface area (Å²) in [5.74, 6) is -3.76. The number of ether oxygens (including phenoxy) is 5. The lowest BCUT2D eigenvalue weighted by atomic mass is 9.95. The monoisotopic (exact) mass is 786 g/mol. The van der Waals surface area contributed by atoms with Crippen molar-refractivity contribution in [3.8, 4) is 17.0 Å². The van der Waals surface area contributed by atoms with Gasteiger partial charge in [0.25, 0.3) is 11.8 Å². The molecule has 3 fully saturated rings. The van der Waals surface area contributed by atoms with E-state index in [4.69, 9.17) is 28.7 Å². The standard InChI is InChI=1S/C37H44F2N6O9S/c38-29-9-8-28(30-23-55-37(42-30)45-26-2-1-3-27(45)21-53-20-26)34(33(29)39)54-22-32(47)40-11-14-50-16-18-52-19-17-51-15-12-41-35(48)24-4-6-25(7-5-24)44-13-10-31(46)43-36(44)49/h4-9,23,26-27H,1-3,10-22H2,(H,40,47)(H,41,48)(H,43,46,49). The molecule has 15 nitrogen and oxygen atoms in total. The average molecular weight is 787 g/mol. The number of halogens is 2. The lowest BCUT2D eigenvalue weighted by molar-refractivity contribution is -0.123. The van der Waals surface area contributed by atoms with Crippen LogP contribution in [0.3, 0.4) is 0 Å². The number of amides is 5. The number of nitrogens with one attached hydrogen (secondary N) is 3. The van der Waals surface area contributed by atoms with Crippen LogP contribution in [0.25, 0.3) is 11.3 Å². The minimum absolute atomic E-state index is 0.175. The van der Waals surface area contributed by atoms with E-state index in [1.54, 1.807) is 29.6 Å². The van der Waals surface area contributed by atoms with Crippen molar-refractivity contribution in [2.45, 2.75) is 37.8 Å². The Kier molecular flexibility index (Phi) is 14.3. The van der Waals surface area contributed by atoms with E-state index < -0.39 is 30.2 Å². The number of morpholine rings is 1. The van der Waals surface area contributed by atoms with Crippen molar-refractivity contribution >= 4 is 45.9 Å².